The average Bonchev–Trinajstić information content (AvgIpc) is 2.40. The fourth-order valence-corrected chi connectivity index (χ4v) is 3.11. The second-order valence-corrected chi connectivity index (χ2v) is 4.44. The van der Waals surface area contributed by atoms with Crippen LogP contribution in [0.1, 0.15) is 20.3 Å². The van der Waals surface area contributed by atoms with E-state index >= 15 is 0 Å². The molecule has 2 fully saturated rings. The maximum Gasteiger partial charge on any atom is 0.0226 e. The number of hydrogen-bond donors (Lipinski definition) is 2. The van der Waals surface area contributed by atoms with Crippen LogP contribution >= 0.6 is 0 Å². The summed E-state index contributed by atoms with van der Waals surface area (Å²) in [4.78, 5) is 0. The molecular formula is C9H18N2. The standard InChI is InChI=1S/C9H18N2/c1-4-5(2)7-3-6(4)8(10)9(7)11/h4-9H,3,10-11H2,1-2H3. The fourth-order valence-electron chi connectivity index (χ4n) is 3.11. The molecule has 6 unspecified atom stereocenters. The minimum Gasteiger partial charge on any atom is -0.326 e. The van der Waals surface area contributed by atoms with Gasteiger partial charge in [0.2, 0.25) is 0 Å². The van der Waals surface area contributed by atoms with Crippen LogP contribution in [-0.4, -0.2) is 12.1 Å². The van der Waals surface area contributed by atoms with Crippen LogP contribution < -0.4 is 11.5 Å². The largest absolute Gasteiger partial charge is 0.326 e. The van der Waals surface area contributed by atoms with Crippen molar-refractivity contribution in [3.8, 4) is 0 Å². The lowest BCUT2D eigenvalue weighted by molar-refractivity contribution is 0.208. The van der Waals surface area contributed by atoms with Crippen molar-refractivity contribution in [3.05, 3.63) is 0 Å². The van der Waals surface area contributed by atoms with Gasteiger partial charge in [0.05, 0.1) is 0 Å². The number of rotatable bonds is 0. The predicted molar refractivity (Wildman–Crippen MR) is 45.9 cm³/mol. The molecule has 6 atom stereocenters. The molecule has 0 aliphatic heterocycles. The van der Waals surface area contributed by atoms with Crippen molar-refractivity contribution >= 4 is 0 Å². The summed E-state index contributed by atoms with van der Waals surface area (Å²) in [5.74, 6) is 3.03. The molecule has 2 heteroatoms. The first kappa shape index (κ1) is 7.56. The summed E-state index contributed by atoms with van der Waals surface area (Å²) in [6, 6.07) is 0.567. The van der Waals surface area contributed by atoms with Crippen molar-refractivity contribution in [1.82, 2.24) is 0 Å². The Balaban J connectivity index is 2.21. The van der Waals surface area contributed by atoms with Gasteiger partial charge in [0.25, 0.3) is 0 Å². The lowest BCUT2D eigenvalue weighted by Crippen LogP contribution is -2.50. The van der Waals surface area contributed by atoms with Gasteiger partial charge in [-0.25, -0.2) is 0 Å². The molecule has 0 radical (unpaired) electrons. The first-order valence-electron chi connectivity index (χ1n) is 4.64. The summed E-state index contributed by atoms with van der Waals surface area (Å²) in [5.41, 5.74) is 12.0. The van der Waals surface area contributed by atoms with Gasteiger partial charge in [0.1, 0.15) is 0 Å². The zero-order valence-electron chi connectivity index (χ0n) is 7.33. The Bertz CT molecular complexity index is 135. The van der Waals surface area contributed by atoms with Gasteiger partial charge in [0, 0.05) is 12.1 Å². The van der Waals surface area contributed by atoms with Gasteiger partial charge < -0.3 is 11.5 Å². The van der Waals surface area contributed by atoms with E-state index in [2.05, 4.69) is 13.8 Å². The summed E-state index contributed by atoms with van der Waals surface area (Å²) in [6.07, 6.45) is 1.28. The van der Waals surface area contributed by atoms with Gasteiger partial charge in [-0.2, -0.15) is 0 Å². The molecule has 0 amide bonds. The van der Waals surface area contributed by atoms with E-state index in [-0.39, 0.29) is 12.1 Å². The Morgan fingerprint density at radius 1 is 0.909 bits per heavy atom. The van der Waals surface area contributed by atoms with Gasteiger partial charge in [-0.05, 0) is 30.1 Å². The molecule has 2 bridgehead atoms. The first-order chi connectivity index (χ1) is 5.13. The van der Waals surface area contributed by atoms with Crippen molar-refractivity contribution in [2.24, 2.45) is 35.1 Å². The molecule has 64 valence electrons. The molecule has 4 N–H and O–H groups in total. The van der Waals surface area contributed by atoms with Crippen LogP contribution in [0.2, 0.25) is 0 Å². The van der Waals surface area contributed by atoms with Crippen molar-refractivity contribution in [1.29, 1.82) is 0 Å². The molecule has 2 aliphatic carbocycles. The maximum atomic E-state index is 5.99. The highest BCUT2D eigenvalue weighted by Crippen LogP contribution is 2.50. The third kappa shape index (κ3) is 0.798. The van der Waals surface area contributed by atoms with E-state index in [0.29, 0.717) is 11.8 Å². The fraction of sp³-hybridized carbons (Fsp3) is 1.00. The number of nitrogens with two attached hydrogens (primary N) is 2. The molecule has 0 aromatic rings. The number of hydrogen-bond acceptors (Lipinski definition) is 2. The van der Waals surface area contributed by atoms with Crippen molar-refractivity contribution in [3.63, 3.8) is 0 Å². The molecule has 11 heavy (non-hydrogen) atoms. The second kappa shape index (κ2) is 2.20. The SMILES string of the molecule is CC1C(C)C2CC1C(N)C2N. The van der Waals surface area contributed by atoms with Gasteiger partial charge in [-0.3, -0.25) is 0 Å². The van der Waals surface area contributed by atoms with E-state index < -0.39 is 0 Å². The van der Waals surface area contributed by atoms with Crippen LogP contribution in [0.5, 0.6) is 0 Å². The van der Waals surface area contributed by atoms with Crippen LogP contribution in [-0.2, 0) is 0 Å². The van der Waals surface area contributed by atoms with E-state index in [9.17, 15) is 0 Å². The normalized spacial score (nSPS) is 62.2. The van der Waals surface area contributed by atoms with Crippen molar-refractivity contribution in [2.75, 3.05) is 0 Å². The van der Waals surface area contributed by atoms with Gasteiger partial charge >= 0.3 is 0 Å². The minimum atomic E-state index is 0.284. The van der Waals surface area contributed by atoms with Crippen molar-refractivity contribution in [2.45, 2.75) is 32.4 Å². The topological polar surface area (TPSA) is 52.0 Å². The molecule has 0 aromatic carbocycles. The van der Waals surface area contributed by atoms with Gasteiger partial charge in [-0.1, -0.05) is 13.8 Å². The predicted octanol–water partition coefficient (Wildman–Crippen LogP) is 0.563. The Morgan fingerprint density at radius 2 is 1.27 bits per heavy atom. The highest BCUT2D eigenvalue weighted by atomic mass is 14.9. The second-order valence-electron chi connectivity index (χ2n) is 4.44. The highest BCUT2D eigenvalue weighted by molar-refractivity contribution is 5.06. The molecule has 2 aliphatic rings. The van der Waals surface area contributed by atoms with Crippen LogP contribution in [0.15, 0.2) is 0 Å². The lowest BCUT2D eigenvalue weighted by Gasteiger charge is -2.34. The van der Waals surface area contributed by atoms with E-state index in [1.54, 1.807) is 0 Å². The van der Waals surface area contributed by atoms with Crippen LogP contribution in [0.25, 0.3) is 0 Å². The van der Waals surface area contributed by atoms with Crippen LogP contribution in [0, 0.1) is 23.7 Å². The van der Waals surface area contributed by atoms with Crippen LogP contribution in [0.4, 0.5) is 0 Å². The summed E-state index contributed by atoms with van der Waals surface area (Å²) < 4.78 is 0. The summed E-state index contributed by atoms with van der Waals surface area (Å²) in [7, 11) is 0. The van der Waals surface area contributed by atoms with E-state index in [1.165, 1.54) is 6.42 Å². The van der Waals surface area contributed by atoms with Gasteiger partial charge in [-0.15, -0.1) is 0 Å². The molecular weight excluding hydrogens is 136 g/mol. The average molecular weight is 154 g/mol. The minimum absolute atomic E-state index is 0.284. The Hall–Kier alpha value is -0.0800. The molecule has 0 spiro atoms. The molecule has 0 aromatic heterocycles. The maximum absolute atomic E-state index is 5.99. The summed E-state index contributed by atoms with van der Waals surface area (Å²) in [6.45, 7) is 4.64. The van der Waals surface area contributed by atoms with E-state index in [4.69, 9.17) is 11.5 Å². The molecule has 2 rings (SSSR count). The quantitative estimate of drug-likeness (QED) is 0.536. The summed E-state index contributed by atoms with van der Waals surface area (Å²) in [5, 5.41) is 0. The smallest absolute Gasteiger partial charge is 0.0226 e. The molecule has 0 saturated heterocycles. The monoisotopic (exact) mass is 154 g/mol. The molecule has 2 nitrogen and oxygen atoms in total. The lowest BCUT2D eigenvalue weighted by atomic mass is 9.77. The van der Waals surface area contributed by atoms with E-state index in [0.717, 1.165) is 11.8 Å². The third-order valence-corrected chi connectivity index (χ3v) is 4.16. The Kier molecular flexibility index (Phi) is 1.52. The zero-order chi connectivity index (χ0) is 8.17. The highest BCUT2D eigenvalue weighted by Gasteiger charge is 2.51. The molecule has 0 heterocycles. The van der Waals surface area contributed by atoms with Crippen molar-refractivity contribution < 1.29 is 0 Å². The zero-order valence-corrected chi connectivity index (χ0v) is 7.33. The first-order valence-corrected chi connectivity index (χ1v) is 4.64. The molecule has 2 saturated carbocycles. The number of fused-ring (bicyclic) bond motifs is 2. The van der Waals surface area contributed by atoms with E-state index in [1.807, 2.05) is 0 Å². The third-order valence-electron chi connectivity index (χ3n) is 4.16. The summed E-state index contributed by atoms with van der Waals surface area (Å²) >= 11 is 0. The Labute approximate surface area is 68.3 Å². The van der Waals surface area contributed by atoms with Crippen LogP contribution in [0.3, 0.4) is 0 Å². The Morgan fingerprint density at radius 3 is 1.55 bits per heavy atom. The van der Waals surface area contributed by atoms with Gasteiger partial charge in [0.15, 0.2) is 0 Å².